The number of nitrogens with one attached hydrogen (secondary N) is 2. The zero-order valence-electron chi connectivity index (χ0n) is 13.3. The van der Waals surface area contributed by atoms with Crippen LogP contribution in [0.4, 0.5) is 18.0 Å². The summed E-state index contributed by atoms with van der Waals surface area (Å²) >= 11 is 0. The number of benzene rings is 1. The Morgan fingerprint density at radius 3 is 2.58 bits per heavy atom. The first-order chi connectivity index (χ1) is 11.3. The highest BCUT2D eigenvalue weighted by atomic mass is 19.4. The molecule has 0 aromatic heterocycles. The van der Waals surface area contributed by atoms with Crippen molar-refractivity contribution in [3.05, 3.63) is 35.4 Å². The summed E-state index contributed by atoms with van der Waals surface area (Å²) in [5.41, 5.74) is 2.07. The zero-order valence-corrected chi connectivity index (χ0v) is 13.3. The van der Waals surface area contributed by atoms with Gasteiger partial charge in [0.15, 0.2) is 0 Å². The summed E-state index contributed by atoms with van der Waals surface area (Å²) in [7, 11) is 0. The van der Waals surface area contributed by atoms with Gasteiger partial charge < -0.3 is 15.5 Å². The molecule has 2 rings (SSSR count). The lowest BCUT2D eigenvalue weighted by Gasteiger charge is -2.19. The van der Waals surface area contributed by atoms with Gasteiger partial charge in [0.2, 0.25) is 5.91 Å². The van der Waals surface area contributed by atoms with E-state index in [0.29, 0.717) is 6.54 Å². The highest BCUT2D eigenvalue weighted by molar-refractivity contribution is 5.88. The molecule has 5 nitrogen and oxygen atoms in total. The van der Waals surface area contributed by atoms with Crippen LogP contribution in [-0.2, 0) is 17.8 Å². The minimum Gasteiger partial charge on any atom is -0.334 e. The third-order valence-corrected chi connectivity index (χ3v) is 3.91. The number of aryl methyl sites for hydroxylation is 1. The van der Waals surface area contributed by atoms with E-state index < -0.39 is 30.7 Å². The predicted molar refractivity (Wildman–Crippen MR) is 82.2 cm³/mol. The van der Waals surface area contributed by atoms with Crippen molar-refractivity contribution in [3.63, 3.8) is 0 Å². The first-order valence-electron chi connectivity index (χ1n) is 7.77. The first-order valence-corrected chi connectivity index (χ1v) is 7.77. The van der Waals surface area contributed by atoms with E-state index in [4.69, 9.17) is 0 Å². The van der Waals surface area contributed by atoms with Crippen molar-refractivity contribution in [3.8, 4) is 0 Å². The van der Waals surface area contributed by atoms with Gasteiger partial charge in [0.25, 0.3) is 0 Å². The number of hydrogen-bond donors (Lipinski definition) is 2. The van der Waals surface area contributed by atoms with Crippen LogP contribution >= 0.6 is 0 Å². The normalized spacial score (nSPS) is 17.9. The van der Waals surface area contributed by atoms with Gasteiger partial charge in [0.05, 0.1) is 0 Å². The third kappa shape index (κ3) is 4.87. The lowest BCUT2D eigenvalue weighted by atomic mass is 10.1. The average molecular weight is 343 g/mol. The molecule has 1 aromatic carbocycles. The summed E-state index contributed by atoms with van der Waals surface area (Å²) in [6.45, 7) is 1.01. The molecule has 1 aliphatic rings. The van der Waals surface area contributed by atoms with Gasteiger partial charge in [-0.3, -0.25) is 4.79 Å². The fraction of sp³-hybridized carbons (Fsp3) is 0.500. The third-order valence-electron chi connectivity index (χ3n) is 3.91. The standard InChI is InChI=1S/C16H20F3N3O2/c1-2-11-5-3-4-6-12(11)9-20-15(24)21-13-7-8-22(14(13)23)10-16(17,18)19/h3-6,13H,2,7-10H2,1H3,(H2,20,21,24). The van der Waals surface area contributed by atoms with E-state index in [1.54, 1.807) is 0 Å². The quantitative estimate of drug-likeness (QED) is 0.861. The molecule has 1 unspecified atom stereocenters. The Bertz CT molecular complexity index is 604. The van der Waals surface area contributed by atoms with Crippen LogP contribution in [0, 0.1) is 0 Å². The molecule has 1 saturated heterocycles. The van der Waals surface area contributed by atoms with E-state index in [1.165, 1.54) is 0 Å². The van der Waals surface area contributed by atoms with E-state index in [2.05, 4.69) is 10.6 Å². The van der Waals surface area contributed by atoms with Gasteiger partial charge in [0, 0.05) is 13.1 Å². The van der Waals surface area contributed by atoms with Crippen molar-refractivity contribution in [1.29, 1.82) is 0 Å². The molecule has 0 aliphatic carbocycles. The lowest BCUT2D eigenvalue weighted by Crippen LogP contribution is -2.47. The Labute approximate surface area is 138 Å². The molecule has 1 aromatic rings. The van der Waals surface area contributed by atoms with Gasteiger partial charge in [-0.25, -0.2) is 4.79 Å². The maximum atomic E-state index is 12.4. The molecule has 0 radical (unpaired) electrons. The average Bonchev–Trinajstić information content (AvgIpc) is 2.84. The number of alkyl halides is 3. The van der Waals surface area contributed by atoms with E-state index in [1.807, 2.05) is 31.2 Å². The summed E-state index contributed by atoms with van der Waals surface area (Å²) in [6, 6.07) is 6.16. The number of rotatable bonds is 5. The topological polar surface area (TPSA) is 61.4 Å². The fourth-order valence-corrected chi connectivity index (χ4v) is 2.71. The molecule has 1 heterocycles. The lowest BCUT2D eigenvalue weighted by molar-refractivity contribution is -0.157. The Hall–Kier alpha value is -2.25. The van der Waals surface area contributed by atoms with Crippen LogP contribution < -0.4 is 10.6 Å². The maximum Gasteiger partial charge on any atom is 0.406 e. The molecule has 132 valence electrons. The molecule has 2 N–H and O–H groups in total. The fourth-order valence-electron chi connectivity index (χ4n) is 2.71. The van der Waals surface area contributed by atoms with E-state index in [-0.39, 0.29) is 13.0 Å². The highest BCUT2D eigenvalue weighted by Crippen LogP contribution is 2.20. The van der Waals surface area contributed by atoms with Crippen molar-refractivity contribution < 1.29 is 22.8 Å². The Morgan fingerprint density at radius 1 is 1.29 bits per heavy atom. The number of amides is 3. The number of hydrogen-bond acceptors (Lipinski definition) is 2. The molecule has 0 saturated carbocycles. The molecule has 1 atom stereocenters. The van der Waals surface area contributed by atoms with E-state index >= 15 is 0 Å². The molecular formula is C16H20F3N3O2. The zero-order chi connectivity index (χ0) is 17.7. The van der Waals surface area contributed by atoms with Crippen LogP contribution in [0.1, 0.15) is 24.5 Å². The maximum absolute atomic E-state index is 12.4. The number of carbonyl (C=O) groups is 2. The molecule has 24 heavy (non-hydrogen) atoms. The molecule has 3 amide bonds. The van der Waals surface area contributed by atoms with Crippen LogP contribution in [0.5, 0.6) is 0 Å². The second-order valence-corrected chi connectivity index (χ2v) is 5.67. The minimum absolute atomic E-state index is 0.0119. The van der Waals surface area contributed by atoms with Crippen LogP contribution in [0.25, 0.3) is 0 Å². The van der Waals surface area contributed by atoms with Crippen molar-refractivity contribution in [2.24, 2.45) is 0 Å². The number of halogens is 3. The molecule has 0 bridgehead atoms. The predicted octanol–water partition coefficient (Wildman–Crippen LogP) is 2.21. The Balaban J connectivity index is 1.84. The highest BCUT2D eigenvalue weighted by Gasteiger charge is 2.39. The number of nitrogens with zero attached hydrogens (tertiary/aromatic N) is 1. The SMILES string of the molecule is CCc1ccccc1CNC(=O)NC1CCN(CC(F)(F)F)C1=O. The first kappa shape index (κ1) is 18.1. The monoisotopic (exact) mass is 343 g/mol. The number of carbonyl (C=O) groups excluding carboxylic acids is 2. The van der Waals surface area contributed by atoms with E-state index in [9.17, 15) is 22.8 Å². The van der Waals surface area contributed by atoms with Crippen molar-refractivity contribution in [1.82, 2.24) is 15.5 Å². The van der Waals surface area contributed by atoms with Gasteiger partial charge in [-0.2, -0.15) is 13.2 Å². The van der Waals surface area contributed by atoms with Gasteiger partial charge in [-0.05, 0) is 24.0 Å². The van der Waals surface area contributed by atoms with Crippen molar-refractivity contribution in [2.75, 3.05) is 13.1 Å². The molecule has 0 spiro atoms. The second kappa shape index (κ2) is 7.55. The summed E-state index contributed by atoms with van der Waals surface area (Å²) < 4.78 is 37.1. The van der Waals surface area contributed by atoms with Gasteiger partial charge in [-0.1, -0.05) is 31.2 Å². The summed E-state index contributed by atoms with van der Waals surface area (Å²) in [5.74, 6) is -0.698. The summed E-state index contributed by atoms with van der Waals surface area (Å²) in [5, 5.41) is 5.08. The van der Waals surface area contributed by atoms with Crippen molar-refractivity contribution >= 4 is 11.9 Å². The number of likely N-dealkylation sites (tertiary alicyclic amines) is 1. The van der Waals surface area contributed by atoms with Crippen LogP contribution in [0.15, 0.2) is 24.3 Å². The largest absolute Gasteiger partial charge is 0.406 e. The van der Waals surface area contributed by atoms with Crippen LogP contribution in [0.3, 0.4) is 0 Å². The molecule has 8 heteroatoms. The molecule has 1 fully saturated rings. The van der Waals surface area contributed by atoms with Gasteiger partial charge in [-0.15, -0.1) is 0 Å². The minimum atomic E-state index is -4.43. The smallest absolute Gasteiger partial charge is 0.334 e. The Morgan fingerprint density at radius 2 is 1.96 bits per heavy atom. The summed E-state index contributed by atoms with van der Waals surface area (Å²) in [4.78, 5) is 24.5. The second-order valence-electron chi connectivity index (χ2n) is 5.67. The van der Waals surface area contributed by atoms with Crippen LogP contribution in [0.2, 0.25) is 0 Å². The van der Waals surface area contributed by atoms with Gasteiger partial charge >= 0.3 is 12.2 Å². The van der Waals surface area contributed by atoms with Gasteiger partial charge in [0.1, 0.15) is 12.6 Å². The summed E-state index contributed by atoms with van der Waals surface area (Å²) in [6.07, 6.45) is -3.43. The Kier molecular flexibility index (Phi) is 5.69. The van der Waals surface area contributed by atoms with E-state index in [0.717, 1.165) is 22.4 Å². The molecule has 1 aliphatic heterocycles. The van der Waals surface area contributed by atoms with Crippen LogP contribution in [-0.4, -0.2) is 42.1 Å². The molecular weight excluding hydrogens is 323 g/mol. The van der Waals surface area contributed by atoms with Crippen molar-refractivity contribution in [2.45, 2.75) is 38.5 Å². The number of urea groups is 1.